The topological polar surface area (TPSA) is 80.6 Å². The molecule has 5 rings (SSSR count). The van der Waals surface area contributed by atoms with Crippen LogP contribution in [0.5, 0.6) is 0 Å². The fourth-order valence-corrected chi connectivity index (χ4v) is 4.59. The smallest absolute Gasteiger partial charge is 0.276 e. The molecule has 1 fully saturated rings. The van der Waals surface area contributed by atoms with Crippen LogP contribution in [0.1, 0.15) is 49.3 Å². The summed E-state index contributed by atoms with van der Waals surface area (Å²) < 4.78 is 7.79. The molecular formula is C25H27N5O3. The van der Waals surface area contributed by atoms with Gasteiger partial charge >= 0.3 is 0 Å². The summed E-state index contributed by atoms with van der Waals surface area (Å²) in [5.41, 5.74) is 4.97. The lowest BCUT2D eigenvalue weighted by atomic mass is 10.1. The number of hydrogen-bond acceptors (Lipinski definition) is 5. The lowest BCUT2D eigenvalue weighted by Crippen LogP contribution is -2.50. The molecule has 0 N–H and O–H groups in total. The summed E-state index contributed by atoms with van der Waals surface area (Å²) in [6.45, 7) is 6.72. The average Bonchev–Trinajstić information content (AvgIpc) is 3.26. The van der Waals surface area contributed by atoms with Gasteiger partial charge in [0.25, 0.3) is 11.8 Å². The van der Waals surface area contributed by atoms with E-state index in [4.69, 9.17) is 4.74 Å². The molecule has 0 bridgehead atoms. The van der Waals surface area contributed by atoms with Crippen molar-refractivity contribution in [1.29, 1.82) is 0 Å². The molecule has 33 heavy (non-hydrogen) atoms. The van der Waals surface area contributed by atoms with Crippen molar-refractivity contribution in [3.63, 3.8) is 0 Å². The number of aryl methyl sites for hydroxylation is 2. The zero-order valence-corrected chi connectivity index (χ0v) is 18.9. The van der Waals surface area contributed by atoms with Gasteiger partial charge in [-0.05, 0) is 31.5 Å². The molecule has 0 saturated carbocycles. The first-order valence-electron chi connectivity index (χ1n) is 11.3. The zero-order valence-electron chi connectivity index (χ0n) is 18.9. The number of rotatable bonds is 3. The molecule has 8 heteroatoms. The summed E-state index contributed by atoms with van der Waals surface area (Å²) in [6.07, 6.45) is -0.108. The highest BCUT2D eigenvalue weighted by Crippen LogP contribution is 2.27. The lowest BCUT2D eigenvalue weighted by Gasteiger charge is -2.34. The van der Waals surface area contributed by atoms with Crippen LogP contribution in [0.2, 0.25) is 0 Å². The van der Waals surface area contributed by atoms with Crippen LogP contribution in [0, 0.1) is 13.8 Å². The number of piperazine rings is 1. The van der Waals surface area contributed by atoms with Gasteiger partial charge in [0.1, 0.15) is 6.10 Å². The quantitative estimate of drug-likeness (QED) is 0.619. The zero-order chi connectivity index (χ0) is 22.9. The van der Waals surface area contributed by atoms with E-state index in [0.29, 0.717) is 56.3 Å². The number of carbonyl (C=O) groups is 2. The Hall–Kier alpha value is -3.52. The van der Waals surface area contributed by atoms with Crippen molar-refractivity contribution in [3.05, 3.63) is 82.2 Å². The summed E-state index contributed by atoms with van der Waals surface area (Å²) in [7, 11) is 0. The SMILES string of the molecule is Cc1cc(C)cc(C(=O)N2CCN(C(=O)c3nnn4c3COC(c3ccccc3)C4)CC2)c1. The predicted octanol–water partition coefficient (Wildman–Crippen LogP) is 2.76. The van der Waals surface area contributed by atoms with Crippen molar-refractivity contribution < 1.29 is 14.3 Å². The highest BCUT2D eigenvalue weighted by Gasteiger charge is 2.32. The molecule has 1 aromatic heterocycles. The maximum Gasteiger partial charge on any atom is 0.276 e. The van der Waals surface area contributed by atoms with Gasteiger partial charge in [0, 0.05) is 31.7 Å². The first-order chi connectivity index (χ1) is 16.0. The predicted molar refractivity (Wildman–Crippen MR) is 122 cm³/mol. The minimum atomic E-state index is -0.156. The van der Waals surface area contributed by atoms with E-state index in [2.05, 4.69) is 16.4 Å². The molecule has 2 amide bonds. The maximum atomic E-state index is 13.2. The van der Waals surface area contributed by atoms with Gasteiger partial charge in [-0.1, -0.05) is 52.7 Å². The molecule has 1 saturated heterocycles. The van der Waals surface area contributed by atoms with Crippen molar-refractivity contribution >= 4 is 11.8 Å². The van der Waals surface area contributed by atoms with Crippen molar-refractivity contribution in [1.82, 2.24) is 24.8 Å². The second-order valence-electron chi connectivity index (χ2n) is 8.74. The first-order valence-corrected chi connectivity index (χ1v) is 11.3. The molecule has 2 aliphatic rings. The molecule has 2 aliphatic heterocycles. The number of hydrogen-bond donors (Lipinski definition) is 0. The number of aromatic nitrogens is 3. The van der Waals surface area contributed by atoms with Gasteiger partial charge in [0.15, 0.2) is 5.69 Å². The third kappa shape index (κ3) is 4.26. The number of benzene rings is 2. The van der Waals surface area contributed by atoms with Crippen molar-refractivity contribution in [3.8, 4) is 0 Å². The molecular weight excluding hydrogens is 418 g/mol. The molecule has 1 atom stereocenters. The molecule has 3 aromatic rings. The average molecular weight is 446 g/mol. The number of nitrogens with zero attached hydrogens (tertiary/aromatic N) is 5. The van der Waals surface area contributed by atoms with E-state index in [9.17, 15) is 9.59 Å². The Labute approximate surface area is 192 Å². The van der Waals surface area contributed by atoms with E-state index >= 15 is 0 Å². The second kappa shape index (κ2) is 8.78. The van der Waals surface area contributed by atoms with E-state index in [0.717, 1.165) is 16.7 Å². The number of fused-ring (bicyclic) bond motifs is 1. The van der Waals surface area contributed by atoms with E-state index in [-0.39, 0.29) is 17.9 Å². The standard InChI is InChI=1S/C25H27N5O3/c1-17-12-18(2)14-20(13-17)24(31)28-8-10-29(11-9-28)25(32)23-21-16-33-22(15-30(21)27-26-23)19-6-4-3-5-7-19/h3-7,12-14,22H,8-11,15-16H2,1-2H3. The Morgan fingerprint density at radius 1 is 0.909 bits per heavy atom. The van der Waals surface area contributed by atoms with Crippen LogP contribution < -0.4 is 0 Å². The first kappa shape index (κ1) is 21.3. The fraction of sp³-hybridized carbons (Fsp3) is 0.360. The van der Waals surface area contributed by atoms with Crippen LogP contribution in [-0.4, -0.2) is 62.8 Å². The molecule has 170 valence electrons. The van der Waals surface area contributed by atoms with E-state index < -0.39 is 0 Å². The summed E-state index contributed by atoms with van der Waals surface area (Å²) in [6, 6.07) is 15.9. The molecule has 3 heterocycles. The Morgan fingerprint density at radius 3 is 2.21 bits per heavy atom. The van der Waals surface area contributed by atoms with Gasteiger partial charge in [-0.15, -0.1) is 5.10 Å². The third-order valence-electron chi connectivity index (χ3n) is 6.29. The number of ether oxygens (including phenoxy) is 1. The highest BCUT2D eigenvalue weighted by atomic mass is 16.5. The van der Waals surface area contributed by atoms with Gasteiger partial charge in [0.2, 0.25) is 0 Å². The van der Waals surface area contributed by atoms with Gasteiger partial charge in [-0.3, -0.25) is 9.59 Å². The van der Waals surface area contributed by atoms with Gasteiger partial charge in [0.05, 0.1) is 18.8 Å². The second-order valence-corrected chi connectivity index (χ2v) is 8.74. The molecule has 0 radical (unpaired) electrons. The Balaban J connectivity index is 1.23. The minimum absolute atomic E-state index is 0.00953. The molecule has 0 spiro atoms. The minimum Gasteiger partial charge on any atom is -0.365 e. The molecule has 2 aromatic carbocycles. The molecule has 1 unspecified atom stereocenters. The normalized spacial score (nSPS) is 18.2. The summed E-state index contributed by atoms with van der Waals surface area (Å²) in [4.78, 5) is 29.7. The molecule has 0 aliphatic carbocycles. The Bertz CT molecular complexity index is 1160. The van der Waals surface area contributed by atoms with Gasteiger partial charge < -0.3 is 14.5 Å². The third-order valence-corrected chi connectivity index (χ3v) is 6.29. The summed E-state index contributed by atoms with van der Waals surface area (Å²) >= 11 is 0. The highest BCUT2D eigenvalue weighted by molar-refractivity contribution is 5.96. The Morgan fingerprint density at radius 2 is 1.55 bits per heavy atom. The van der Waals surface area contributed by atoms with Crippen molar-refractivity contribution in [2.75, 3.05) is 26.2 Å². The molecule has 8 nitrogen and oxygen atoms in total. The maximum absolute atomic E-state index is 13.2. The van der Waals surface area contributed by atoms with Crippen LogP contribution >= 0.6 is 0 Å². The van der Waals surface area contributed by atoms with E-state index in [1.54, 1.807) is 9.58 Å². The van der Waals surface area contributed by atoms with E-state index in [1.165, 1.54) is 0 Å². The van der Waals surface area contributed by atoms with Crippen LogP contribution in [0.25, 0.3) is 0 Å². The number of amides is 2. The van der Waals surface area contributed by atoms with Crippen molar-refractivity contribution in [2.24, 2.45) is 0 Å². The van der Waals surface area contributed by atoms with E-state index in [1.807, 2.05) is 61.2 Å². The monoisotopic (exact) mass is 445 g/mol. The van der Waals surface area contributed by atoms with Gasteiger partial charge in [-0.25, -0.2) is 4.68 Å². The van der Waals surface area contributed by atoms with Crippen molar-refractivity contribution in [2.45, 2.75) is 33.1 Å². The van der Waals surface area contributed by atoms with Gasteiger partial charge in [-0.2, -0.15) is 0 Å². The number of carbonyl (C=O) groups excluding carboxylic acids is 2. The lowest BCUT2D eigenvalue weighted by molar-refractivity contribution is -0.00202. The van der Waals surface area contributed by atoms with Crippen LogP contribution in [0.3, 0.4) is 0 Å². The van der Waals surface area contributed by atoms with Crippen LogP contribution in [-0.2, 0) is 17.9 Å². The fourth-order valence-electron chi connectivity index (χ4n) is 4.59. The van der Waals surface area contributed by atoms with Crippen LogP contribution in [0.15, 0.2) is 48.5 Å². The van der Waals surface area contributed by atoms with Crippen LogP contribution in [0.4, 0.5) is 0 Å². The Kier molecular flexibility index (Phi) is 5.68. The largest absolute Gasteiger partial charge is 0.365 e. The summed E-state index contributed by atoms with van der Waals surface area (Å²) in [5, 5.41) is 8.41. The summed E-state index contributed by atoms with van der Waals surface area (Å²) in [5.74, 6) is -0.146.